The van der Waals surface area contributed by atoms with E-state index in [0.717, 1.165) is 12.2 Å². The third-order valence-electron chi connectivity index (χ3n) is 14.1. The molecule has 1 unspecified atom stereocenters. The number of alkyl carbamates (subject to hydrolysis) is 1. The van der Waals surface area contributed by atoms with Crippen molar-refractivity contribution in [2.45, 2.75) is 135 Å². The van der Waals surface area contributed by atoms with E-state index in [0.29, 0.717) is 11.3 Å². The molecule has 0 spiro atoms. The van der Waals surface area contributed by atoms with Crippen LogP contribution in [0.4, 0.5) is 9.59 Å². The number of ketones is 1. The Morgan fingerprint density at radius 2 is 1.60 bits per heavy atom. The highest BCUT2D eigenvalue weighted by molar-refractivity contribution is 8.76. The van der Waals surface area contributed by atoms with Gasteiger partial charge in [0.1, 0.15) is 42.2 Å². The lowest BCUT2D eigenvalue weighted by Gasteiger charge is -2.68. The molecule has 11 atom stereocenters. The van der Waals surface area contributed by atoms with Gasteiger partial charge in [0, 0.05) is 43.8 Å². The summed E-state index contributed by atoms with van der Waals surface area (Å²) in [6, 6.07) is 14.8. The molecule has 4 aliphatic rings. The minimum atomic E-state index is -2.32. The van der Waals surface area contributed by atoms with Crippen LogP contribution in [0.15, 0.2) is 71.8 Å². The van der Waals surface area contributed by atoms with Crippen LogP contribution in [0.2, 0.25) is 0 Å². The van der Waals surface area contributed by atoms with Crippen molar-refractivity contribution in [3.8, 4) is 0 Å². The molecule has 1 heterocycles. The number of amides is 1. The van der Waals surface area contributed by atoms with Gasteiger partial charge in [-0.25, -0.2) is 19.2 Å². The third kappa shape index (κ3) is 10.7. The summed E-state index contributed by atoms with van der Waals surface area (Å²) in [6.45, 7) is 13.6. The summed E-state index contributed by atoms with van der Waals surface area (Å²) in [5.74, 6) is -4.85. The van der Waals surface area contributed by atoms with Gasteiger partial charge in [-0.05, 0) is 69.9 Å². The number of methoxy groups -OCH3 is 1. The van der Waals surface area contributed by atoms with E-state index in [1.54, 1.807) is 108 Å². The topological polar surface area (TPSA) is 229 Å². The number of benzene rings is 2. The number of hydrogen-bond donors (Lipinski definition) is 3. The molecule has 2 bridgehead atoms. The van der Waals surface area contributed by atoms with E-state index in [4.69, 9.17) is 37.9 Å². The number of ether oxygens (including phenoxy) is 8. The zero-order chi connectivity index (χ0) is 51.4. The highest BCUT2D eigenvalue weighted by Gasteiger charge is 2.78. The lowest BCUT2D eigenvalue weighted by molar-refractivity contribution is -0.347. The number of rotatable bonds is 17. The molecule has 3 aliphatic carbocycles. The number of aliphatic hydroxyl groups is 2. The molecular weight excluding hydrogens is 947 g/mol. The summed E-state index contributed by atoms with van der Waals surface area (Å²) in [5.41, 5.74) is -7.38. The van der Waals surface area contributed by atoms with E-state index < -0.39 is 125 Å². The lowest BCUT2D eigenvalue weighted by atomic mass is 9.43. The van der Waals surface area contributed by atoms with Crippen LogP contribution < -0.4 is 5.32 Å². The molecule has 6 rings (SSSR count). The first kappa shape index (κ1) is 54.7. The van der Waals surface area contributed by atoms with Crippen LogP contribution in [0.1, 0.15) is 104 Å². The fraction of sp³-hybridized carbons (Fsp3) is 0.608. The van der Waals surface area contributed by atoms with Gasteiger partial charge in [0.25, 0.3) is 0 Å². The fourth-order valence-corrected chi connectivity index (χ4v) is 12.9. The molecule has 3 fully saturated rings. The second-order valence-electron chi connectivity index (χ2n) is 20.0. The average Bonchev–Trinajstić information content (AvgIpc) is 3.30. The van der Waals surface area contributed by atoms with Crippen molar-refractivity contribution in [2.75, 3.05) is 38.4 Å². The van der Waals surface area contributed by atoms with Gasteiger partial charge in [0.2, 0.25) is 6.10 Å². The normalized spacial score (nSPS) is 29.8. The van der Waals surface area contributed by atoms with E-state index in [1.807, 2.05) is 6.92 Å². The smallest absolute Gasteiger partial charge is 0.455 e. The van der Waals surface area contributed by atoms with E-state index in [9.17, 15) is 29.4 Å². The number of Topliss-reactive ketones (excluding diaryl/α,β-unsaturated/α-hetero) is 1. The van der Waals surface area contributed by atoms with Gasteiger partial charge in [-0.2, -0.15) is 0 Å². The summed E-state index contributed by atoms with van der Waals surface area (Å²) < 4.78 is 48.1. The zero-order valence-corrected chi connectivity index (χ0v) is 43.1. The first-order chi connectivity index (χ1) is 33.0. The average molecular weight is 1010 g/mol. The second-order valence-corrected chi connectivity index (χ2v) is 22.7. The van der Waals surface area contributed by atoms with Crippen molar-refractivity contribution in [2.24, 2.45) is 22.7 Å². The van der Waals surface area contributed by atoms with Crippen LogP contribution >= 0.6 is 21.6 Å². The van der Waals surface area contributed by atoms with Gasteiger partial charge >= 0.3 is 30.2 Å². The summed E-state index contributed by atoms with van der Waals surface area (Å²) in [4.78, 5) is 85.6. The summed E-state index contributed by atoms with van der Waals surface area (Å²) in [5, 5.41) is 28.1. The molecule has 1 aliphatic heterocycles. The van der Waals surface area contributed by atoms with Crippen molar-refractivity contribution in [3.05, 3.63) is 82.9 Å². The first-order valence-electron chi connectivity index (χ1n) is 23.5. The van der Waals surface area contributed by atoms with E-state index in [1.165, 1.54) is 37.0 Å². The number of nitrogens with one attached hydrogen (secondary N) is 1. The molecule has 384 valence electrons. The molecule has 70 heavy (non-hydrogen) atoms. The van der Waals surface area contributed by atoms with Crippen molar-refractivity contribution in [1.29, 1.82) is 0 Å². The monoisotopic (exact) mass is 1010 g/mol. The summed E-state index contributed by atoms with van der Waals surface area (Å²) >= 11 is 0. The standard InChI is InChI=1S/C51H67NO16S2/c1-11-23-69-70-24-22-62-46(59)65-39(38(31-18-14-12-15-19-31)52-45(58)68-47(4,5)6)44(57)64-34-26-51(60)42(66-43(56)32-20-16-13-17-21-32)40-49(9,41(55)33(27-53)37(29(34)2)48(51,7)8)35(61-10)25-36-50(40,28-63-36)67-30(3)54/h12-21,33-36,38-40,42,53,60H,11,22-28H2,1-10H3,(H,52,58)/t33-,34+,35?,36-,38+,39-,40+,42+,49-,50+,51-/m1/s1. The quantitative estimate of drug-likeness (QED) is 0.0471. The Balaban J connectivity index is 1.51. The first-order valence-corrected chi connectivity index (χ1v) is 26.0. The van der Waals surface area contributed by atoms with Crippen molar-refractivity contribution in [1.82, 2.24) is 5.32 Å². The minimum Gasteiger partial charge on any atom is -0.455 e. The Morgan fingerprint density at radius 3 is 2.17 bits per heavy atom. The minimum absolute atomic E-state index is 0.0699. The van der Waals surface area contributed by atoms with Gasteiger partial charge in [-0.15, -0.1) is 0 Å². The highest BCUT2D eigenvalue weighted by atomic mass is 33.1. The zero-order valence-electron chi connectivity index (χ0n) is 41.5. The van der Waals surface area contributed by atoms with Crippen molar-refractivity contribution < 1.29 is 76.9 Å². The molecule has 2 saturated carbocycles. The second kappa shape index (κ2) is 22.0. The maximum atomic E-state index is 15.8. The predicted octanol–water partition coefficient (Wildman–Crippen LogP) is 7.11. The molecule has 0 aromatic heterocycles. The Kier molecular flexibility index (Phi) is 17.2. The molecule has 1 saturated heterocycles. The maximum absolute atomic E-state index is 15.8. The Bertz CT molecular complexity index is 2270. The van der Waals surface area contributed by atoms with Crippen LogP contribution in [0.25, 0.3) is 0 Å². The van der Waals surface area contributed by atoms with Gasteiger partial charge in [0.15, 0.2) is 11.4 Å². The molecule has 3 N–H and O–H groups in total. The highest BCUT2D eigenvalue weighted by Crippen LogP contribution is 2.65. The molecule has 2 aromatic rings. The van der Waals surface area contributed by atoms with Crippen molar-refractivity contribution >= 4 is 57.5 Å². The van der Waals surface area contributed by atoms with E-state index in [-0.39, 0.29) is 36.3 Å². The molecule has 17 nitrogen and oxygen atoms in total. The largest absolute Gasteiger partial charge is 0.509 e. The molecule has 2 aromatic carbocycles. The number of aliphatic hydroxyl groups excluding tert-OH is 1. The number of carbonyl (C=O) groups is 6. The maximum Gasteiger partial charge on any atom is 0.509 e. The Morgan fingerprint density at radius 1 is 0.957 bits per heavy atom. The Hall–Kier alpha value is -4.66. The van der Waals surface area contributed by atoms with E-state index >= 15 is 9.59 Å². The predicted molar refractivity (Wildman–Crippen MR) is 258 cm³/mol. The van der Waals surface area contributed by atoms with Crippen LogP contribution in [0.5, 0.6) is 0 Å². The lowest BCUT2D eigenvalue weighted by Crippen LogP contribution is -2.81. The van der Waals surface area contributed by atoms with Gasteiger partial charge in [-0.1, -0.05) is 90.9 Å². The molecular formula is C51H67NO16S2. The number of carbonyl (C=O) groups excluding carboxylic acids is 6. The van der Waals surface area contributed by atoms with Gasteiger partial charge < -0.3 is 53.4 Å². The number of fused-ring (bicyclic) bond motifs is 5. The molecule has 1 amide bonds. The van der Waals surface area contributed by atoms with Crippen LogP contribution in [0.3, 0.4) is 0 Å². The number of hydrogen-bond acceptors (Lipinski definition) is 18. The van der Waals surface area contributed by atoms with E-state index in [2.05, 4.69) is 5.32 Å². The van der Waals surface area contributed by atoms with Gasteiger partial charge in [-0.3, -0.25) is 9.59 Å². The SMILES string of the molecule is CCCSSCCOC(=O)O[C@@H](C(=O)O[C@H]1C[C@@]2(O)[C@@H](OC(=O)c3ccccc3)[C@@H]3[C@]4(OC(C)=O)CO[C@@H]4CC(OC)[C@@]3(C)C(=O)[C@H](CO)C(=C1C)C2(C)C)[C@@H](NC(=O)OC(C)(C)C)c1ccccc1. The Labute approximate surface area is 417 Å². The van der Waals surface area contributed by atoms with Crippen LogP contribution in [0, 0.1) is 22.7 Å². The summed E-state index contributed by atoms with van der Waals surface area (Å²) in [6.07, 6.45) is -8.69. The molecule has 0 radical (unpaired) electrons. The van der Waals surface area contributed by atoms with Crippen molar-refractivity contribution in [3.63, 3.8) is 0 Å². The third-order valence-corrected chi connectivity index (χ3v) is 16.7. The summed E-state index contributed by atoms with van der Waals surface area (Å²) in [7, 11) is 4.51. The fourth-order valence-electron chi connectivity index (χ4n) is 10.9. The van der Waals surface area contributed by atoms with Gasteiger partial charge in [0.05, 0.1) is 42.1 Å². The van der Waals surface area contributed by atoms with Crippen LogP contribution in [-0.2, 0) is 52.3 Å². The number of esters is 3. The van der Waals surface area contributed by atoms with Crippen LogP contribution in [-0.4, -0.2) is 132 Å². The molecule has 19 heteroatoms.